The van der Waals surface area contributed by atoms with Crippen molar-refractivity contribution in [1.82, 2.24) is 14.3 Å². The average molecular weight is 326 g/mol. The molecule has 2 heterocycles. The number of anilines is 1. The predicted octanol–water partition coefficient (Wildman–Crippen LogP) is 0.880. The van der Waals surface area contributed by atoms with Crippen LogP contribution in [0.1, 0.15) is 26.2 Å². The molecule has 1 aliphatic heterocycles. The van der Waals surface area contributed by atoms with E-state index in [1.54, 1.807) is 4.31 Å². The summed E-state index contributed by atoms with van der Waals surface area (Å²) >= 11 is 0. The van der Waals surface area contributed by atoms with Gasteiger partial charge in [0.05, 0.1) is 11.9 Å². The number of aromatic nitrogens is 2. The summed E-state index contributed by atoms with van der Waals surface area (Å²) in [6.07, 6.45) is 3.92. The van der Waals surface area contributed by atoms with Crippen LogP contribution in [0.25, 0.3) is 0 Å². The summed E-state index contributed by atoms with van der Waals surface area (Å²) in [7, 11) is -3.09. The summed E-state index contributed by atoms with van der Waals surface area (Å²) in [4.78, 5) is 10.5. The Balaban J connectivity index is 1.68. The number of nitrogens with zero attached hydrogens (tertiary/aromatic N) is 4. The zero-order valence-corrected chi connectivity index (χ0v) is 13.6. The van der Waals surface area contributed by atoms with Gasteiger partial charge in [0.15, 0.2) is 0 Å². The summed E-state index contributed by atoms with van der Waals surface area (Å²) in [6, 6.07) is 1.81. The Morgan fingerprint density at radius 1 is 1.23 bits per heavy atom. The molecule has 8 heteroatoms. The molecule has 2 fully saturated rings. The van der Waals surface area contributed by atoms with Gasteiger partial charge >= 0.3 is 0 Å². The number of ether oxygens (including phenoxy) is 1. The van der Waals surface area contributed by atoms with Crippen molar-refractivity contribution in [2.24, 2.45) is 0 Å². The van der Waals surface area contributed by atoms with Gasteiger partial charge in [0, 0.05) is 32.2 Å². The van der Waals surface area contributed by atoms with Crippen LogP contribution in [0.4, 0.5) is 5.82 Å². The molecule has 0 N–H and O–H groups in total. The summed E-state index contributed by atoms with van der Waals surface area (Å²) in [6.45, 7) is 5.03. The summed E-state index contributed by atoms with van der Waals surface area (Å²) in [5.41, 5.74) is 0. The highest BCUT2D eigenvalue weighted by Crippen LogP contribution is 2.31. The quantitative estimate of drug-likeness (QED) is 0.799. The van der Waals surface area contributed by atoms with E-state index in [1.165, 1.54) is 6.33 Å². The maximum Gasteiger partial charge on any atom is 0.218 e. The summed E-state index contributed by atoms with van der Waals surface area (Å²) in [5, 5.41) is -0.136. The lowest BCUT2D eigenvalue weighted by atomic mass is 10.4. The molecule has 0 radical (unpaired) electrons. The smallest absolute Gasteiger partial charge is 0.218 e. The highest BCUT2D eigenvalue weighted by Gasteiger charge is 2.40. The highest BCUT2D eigenvalue weighted by molar-refractivity contribution is 7.90. The van der Waals surface area contributed by atoms with Gasteiger partial charge in [-0.25, -0.2) is 18.4 Å². The molecule has 1 aromatic heterocycles. The normalized spacial score (nSPS) is 20.7. The Bertz CT molecular complexity index is 618. The predicted molar refractivity (Wildman–Crippen MR) is 83.5 cm³/mol. The molecule has 0 unspecified atom stereocenters. The largest absolute Gasteiger partial charge is 0.478 e. The fourth-order valence-corrected chi connectivity index (χ4v) is 4.56. The lowest BCUT2D eigenvalue weighted by molar-refractivity contribution is 0.326. The van der Waals surface area contributed by atoms with E-state index in [2.05, 4.69) is 14.9 Å². The molecule has 0 spiro atoms. The Labute approximate surface area is 131 Å². The van der Waals surface area contributed by atoms with Crippen LogP contribution < -0.4 is 9.64 Å². The van der Waals surface area contributed by atoms with Gasteiger partial charge in [-0.05, 0) is 26.2 Å². The van der Waals surface area contributed by atoms with Gasteiger partial charge in [0.2, 0.25) is 15.9 Å². The van der Waals surface area contributed by atoms with Crippen LogP contribution in [0.5, 0.6) is 5.88 Å². The first-order valence-corrected chi connectivity index (χ1v) is 9.30. The van der Waals surface area contributed by atoms with Crippen LogP contribution in [0.15, 0.2) is 12.4 Å². The maximum absolute atomic E-state index is 12.3. The van der Waals surface area contributed by atoms with Gasteiger partial charge in [-0.1, -0.05) is 0 Å². The molecule has 22 heavy (non-hydrogen) atoms. The lowest BCUT2D eigenvalue weighted by Gasteiger charge is -2.22. The average Bonchev–Trinajstić information content (AvgIpc) is 3.34. The van der Waals surface area contributed by atoms with Gasteiger partial charge in [-0.3, -0.25) is 0 Å². The van der Waals surface area contributed by atoms with Crippen molar-refractivity contribution >= 4 is 15.8 Å². The van der Waals surface area contributed by atoms with E-state index in [0.29, 0.717) is 32.1 Å². The Morgan fingerprint density at radius 3 is 2.77 bits per heavy atom. The van der Waals surface area contributed by atoms with E-state index in [4.69, 9.17) is 4.74 Å². The number of hydrogen-bond donors (Lipinski definition) is 0. The van der Waals surface area contributed by atoms with Crippen LogP contribution in [0, 0.1) is 0 Å². The molecule has 0 atom stereocenters. The van der Waals surface area contributed by atoms with Crippen LogP contribution in [-0.2, 0) is 10.0 Å². The molecule has 122 valence electrons. The molecule has 7 nitrogen and oxygen atoms in total. The minimum Gasteiger partial charge on any atom is -0.478 e. The highest BCUT2D eigenvalue weighted by atomic mass is 32.2. The van der Waals surface area contributed by atoms with Crippen LogP contribution in [0.3, 0.4) is 0 Å². The molecular weight excluding hydrogens is 304 g/mol. The SMILES string of the molecule is CCOc1cc(N2CCCN(S(=O)(=O)C3CC3)CC2)ncn1. The van der Waals surface area contributed by atoms with Crippen LogP contribution in [-0.4, -0.2) is 60.7 Å². The zero-order chi connectivity index (χ0) is 15.6. The third-order valence-corrected chi connectivity index (χ3v) is 6.40. The minimum absolute atomic E-state index is 0.136. The topological polar surface area (TPSA) is 75.6 Å². The molecular formula is C14H22N4O3S. The molecule has 1 saturated carbocycles. The van der Waals surface area contributed by atoms with Gasteiger partial charge < -0.3 is 9.64 Å². The first-order chi connectivity index (χ1) is 10.6. The summed E-state index contributed by atoms with van der Waals surface area (Å²) in [5.74, 6) is 1.35. The third-order valence-electron chi connectivity index (χ3n) is 4.00. The first kappa shape index (κ1) is 15.5. The van der Waals surface area contributed by atoms with Crippen molar-refractivity contribution in [3.63, 3.8) is 0 Å². The maximum atomic E-state index is 12.3. The molecule has 0 amide bonds. The van der Waals surface area contributed by atoms with Crippen molar-refractivity contribution < 1.29 is 13.2 Å². The van der Waals surface area contributed by atoms with Gasteiger partial charge in [0.25, 0.3) is 0 Å². The van der Waals surface area contributed by atoms with E-state index < -0.39 is 10.0 Å². The van der Waals surface area contributed by atoms with Crippen molar-refractivity contribution in [2.45, 2.75) is 31.4 Å². The van der Waals surface area contributed by atoms with Crippen LogP contribution >= 0.6 is 0 Å². The van der Waals surface area contributed by atoms with Gasteiger partial charge in [-0.15, -0.1) is 0 Å². The van der Waals surface area contributed by atoms with Gasteiger partial charge in [-0.2, -0.15) is 4.31 Å². The Hall–Kier alpha value is -1.41. The van der Waals surface area contributed by atoms with Gasteiger partial charge in [0.1, 0.15) is 12.1 Å². The fraction of sp³-hybridized carbons (Fsp3) is 0.714. The van der Waals surface area contributed by atoms with E-state index >= 15 is 0 Å². The molecule has 0 aromatic carbocycles. The zero-order valence-electron chi connectivity index (χ0n) is 12.8. The Kier molecular flexibility index (Phi) is 4.49. The monoisotopic (exact) mass is 326 g/mol. The molecule has 1 saturated heterocycles. The molecule has 1 aromatic rings. The van der Waals surface area contributed by atoms with E-state index in [-0.39, 0.29) is 5.25 Å². The van der Waals surface area contributed by atoms with Crippen molar-refractivity contribution in [3.05, 3.63) is 12.4 Å². The van der Waals surface area contributed by atoms with E-state index in [9.17, 15) is 8.42 Å². The van der Waals surface area contributed by atoms with Crippen LogP contribution in [0.2, 0.25) is 0 Å². The standard InChI is InChI=1S/C14H22N4O3S/c1-2-21-14-10-13(15-11-16-14)17-6-3-7-18(9-8-17)22(19,20)12-4-5-12/h10-12H,2-9H2,1H3. The lowest BCUT2D eigenvalue weighted by Crippen LogP contribution is -2.37. The van der Waals surface area contributed by atoms with E-state index in [1.807, 2.05) is 13.0 Å². The number of hydrogen-bond acceptors (Lipinski definition) is 6. The molecule has 2 aliphatic rings. The number of sulfonamides is 1. The number of rotatable bonds is 5. The second kappa shape index (κ2) is 6.37. The van der Waals surface area contributed by atoms with Crippen molar-refractivity contribution in [3.8, 4) is 5.88 Å². The Morgan fingerprint density at radius 2 is 2.05 bits per heavy atom. The second-order valence-corrected chi connectivity index (χ2v) is 7.84. The first-order valence-electron chi connectivity index (χ1n) is 7.80. The second-order valence-electron chi connectivity index (χ2n) is 5.63. The minimum atomic E-state index is -3.09. The third kappa shape index (κ3) is 3.33. The fourth-order valence-electron chi connectivity index (χ4n) is 2.68. The molecule has 0 bridgehead atoms. The molecule has 3 rings (SSSR count). The van der Waals surface area contributed by atoms with Crippen molar-refractivity contribution in [1.29, 1.82) is 0 Å². The molecule has 1 aliphatic carbocycles. The van der Waals surface area contributed by atoms with Crippen molar-refractivity contribution in [2.75, 3.05) is 37.7 Å². The van der Waals surface area contributed by atoms with E-state index in [0.717, 1.165) is 31.6 Å². The summed E-state index contributed by atoms with van der Waals surface area (Å²) < 4.78 is 31.7.